The molecule has 0 aliphatic carbocycles. The maximum Gasteiger partial charge on any atom is 0.295 e. The number of hydrogen-bond donors (Lipinski definition) is 1. The first kappa shape index (κ1) is 24.9. The van der Waals surface area contributed by atoms with Crippen LogP contribution in [-0.2, 0) is 9.59 Å². The summed E-state index contributed by atoms with van der Waals surface area (Å²) in [6.45, 7) is 8.22. The lowest BCUT2D eigenvalue weighted by Gasteiger charge is -2.28. The fraction of sp³-hybridized carbons (Fsp3) is 0.360. The summed E-state index contributed by atoms with van der Waals surface area (Å²) in [5.41, 5.74) is 1.51. The minimum atomic E-state index is -0.862. The van der Waals surface area contributed by atoms with Crippen LogP contribution in [0, 0.1) is 17.0 Å². The Bertz CT molecular complexity index is 1120. The van der Waals surface area contributed by atoms with Crippen molar-refractivity contribution in [2.75, 3.05) is 33.3 Å². The molecular formula is C25H29N3O6. The SMILES string of the molecule is CCN(CC)CCN1C(=O)C(=O)/C(=C(/O)c2ccc(OC)c(C)c2)C1c1ccc([N+](=O)[O-])cc1. The van der Waals surface area contributed by atoms with E-state index < -0.39 is 22.7 Å². The van der Waals surface area contributed by atoms with Crippen molar-refractivity contribution in [1.82, 2.24) is 9.80 Å². The molecule has 1 N–H and O–H groups in total. The summed E-state index contributed by atoms with van der Waals surface area (Å²) in [6, 6.07) is 9.83. The number of nitro groups is 1. The number of aryl methyl sites for hydroxylation is 1. The van der Waals surface area contributed by atoms with Gasteiger partial charge >= 0.3 is 0 Å². The monoisotopic (exact) mass is 467 g/mol. The zero-order chi connectivity index (χ0) is 25.0. The summed E-state index contributed by atoms with van der Waals surface area (Å²) < 4.78 is 5.27. The molecule has 1 fully saturated rings. The van der Waals surface area contributed by atoms with Crippen LogP contribution < -0.4 is 4.74 Å². The quantitative estimate of drug-likeness (QED) is 0.197. The van der Waals surface area contributed by atoms with Gasteiger partial charge in [0.1, 0.15) is 11.5 Å². The van der Waals surface area contributed by atoms with Crippen molar-refractivity contribution in [3.63, 3.8) is 0 Å². The van der Waals surface area contributed by atoms with E-state index in [0.29, 0.717) is 23.4 Å². The summed E-state index contributed by atoms with van der Waals surface area (Å²) in [4.78, 5) is 40.3. The molecular weight excluding hydrogens is 438 g/mol. The lowest BCUT2D eigenvalue weighted by molar-refractivity contribution is -0.384. The summed E-state index contributed by atoms with van der Waals surface area (Å²) in [5, 5.41) is 22.3. The number of aliphatic hydroxyl groups excluding tert-OH is 1. The summed E-state index contributed by atoms with van der Waals surface area (Å²) >= 11 is 0. The molecule has 0 saturated carbocycles. The zero-order valence-electron chi connectivity index (χ0n) is 19.8. The van der Waals surface area contributed by atoms with Crippen LogP contribution in [0.15, 0.2) is 48.0 Å². The van der Waals surface area contributed by atoms with Gasteiger partial charge in [-0.1, -0.05) is 13.8 Å². The second-order valence-electron chi connectivity index (χ2n) is 8.05. The van der Waals surface area contributed by atoms with Gasteiger partial charge < -0.3 is 19.6 Å². The lowest BCUT2D eigenvalue weighted by Crippen LogP contribution is -2.38. The molecule has 1 unspecified atom stereocenters. The number of carbonyl (C=O) groups excluding carboxylic acids is 2. The summed E-state index contributed by atoms with van der Waals surface area (Å²) in [6.07, 6.45) is 0. The number of likely N-dealkylation sites (tertiary alicyclic amines) is 1. The summed E-state index contributed by atoms with van der Waals surface area (Å²) in [5.74, 6) is -1.16. The third kappa shape index (κ3) is 4.79. The molecule has 0 bridgehead atoms. The molecule has 1 aliphatic rings. The van der Waals surface area contributed by atoms with Gasteiger partial charge in [0.2, 0.25) is 0 Å². The van der Waals surface area contributed by atoms with E-state index in [-0.39, 0.29) is 23.6 Å². The Balaban J connectivity index is 2.12. The molecule has 0 spiro atoms. The average Bonchev–Trinajstić information content (AvgIpc) is 3.09. The van der Waals surface area contributed by atoms with Crippen molar-refractivity contribution in [1.29, 1.82) is 0 Å². The van der Waals surface area contributed by atoms with Gasteiger partial charge in [0.05, 0.1) is 23.6 Å². The predicted molar refractivity (Wildman–Crippen MR) is 128 cm³/mol. The normalized spacial score (nSPS) is 17.4. The highest BCUT2D eigenvalue weighted by Gasteiger charge is 2.46. The first-order chi connectivity index (χ1) is 16.2. The van der Waals surface area contributed by atoms with Gasteiger partial charge in [0.15, 0.2) is 0 Å². The number of aliphatic hydroxyl groups is 1. The van der Waals surface area contributed by atoms with Gasteiger partial charge in [-0.05, 0) is 61.5 Å². The molecule has 1 heterocycles. The number of ketones is 1. The average molecular weight is 468 g/mol. The van der Waals surface area contributed by atoms with Gasteiger partial charge in [0, 0.05) is 30.8 Å². The molecule has 2 aromatic carbocycles. The molecule has 1 aliphatic heterocycles. The number of carbonyl (C=O) groups is 2. The Morgan fingerprint density at radius 1 is 1.15 bits per heavy atom. The number of amides is 1. The molecule has 0 aromatic heterocycles. The first-order valence-corrected chi connectivity index (χ1v) is 11.1. The highest BCUT2D eigenvalue weighted by Crippen LogP contribution is 2.40. The van der Waals surface area contributed by atoms with E-state index >= 15 is 0 Å². The van der Waals surface area contributed by atoms with Gasteiger partial charge in [0.25, 0.3) is 17.4 Å². The molecule has 1 saturated heterocycles. The van der Waals surface area contributed by atoms with Crippen molar-refractivity contribution < 1.29 is 24.4 Å². The van der Waals surface area contributed by atoms with Crippen LogP contribution in [0.5, 0.6) is 5.75 Å². The lowest BCUT2D eigenvalue weighted by atomic mass is 9.94. The molecule has 0 radical (unpaired) electrons. The van der Waals surface area contributed by atoms with Crippen LogP contribution in [0.3, 0.4) is 0 Å². The maximum absolute atomic E-state index is 13.1. The number of nitrogens with zero attached hydrogens (tertiary/aromatic N) is 3. The molecule has 9 nitrogen and oxygen atoms in total. The molecule has 180 valence electrons. The van der Waals surface area contributed by atoms with Crippen LogP contribution in [0.25, 0.3) is 5.76 Å². The maximum atomic E-state index is 13.1. The van der Waals surface area contributed by atoms with E-state index in [9.17, 15) is 24.8 Å². The first-order valence-electron chi connectivity index (χ1n) is 11.1. The highest BCUT2D eigenvalue weighted by molar-refractivity contribution is 6.46. The van der Waals surface area contributed by atoms with Gasteiger partial charge in [-0.2, -0.15) is 0 Å². The van der Waals surface area contributed by atoms with Crippen LogP contribution in [-0.4, -0.2) is 64.8 Å². The number of non-ortho nitro benzene ring substituents is 1. The van der Waals surface area contributed by atoms with Crippen LogP contribution >= 0.6 is 0 Å². The summed E-state index contributed by atoms with van der Waals surface area (Å²) in [7, 11) is 1.54. The molecule has 34 heavy (non-hydrogen) atoms. The van der Waals surface area contributed by atoms with E-state index in [1.165, 1.54) is 36.3 Å². The molecule has 1 atom stereocenters. The van der Waals surface area contributed by atoms with Gasteiger partial charge in [-0.15, -0.1) is 0 Å². The molecule has 3 rings (SSSR count). The van der Waals surface area contributed by atoms with Crippen LogP contribution in [0.1, 0.15) is 36.6 Å². The third-order valence-electron chi connectivity index (χ3n) is 6.18. The smallest absolute Gasteiger partial charge is 0.295 e. The number of hydrogen-bond acceptors (Lipinski definition) is 7. The van der Waals surface area contributed by atoms with E-state index in [2.05, 4.69) is 4.90 Å². The topological polar surface area (TPSA) is 113 Å². The standard InChI is InChI=1S/C25H29N3O6/c1-5-26(6-2)13-14-27-22(17-7-10-19(11-8-17)28(32)33)21(24(30)25(27)31)23(29)18-9-12-20(34-4)16(3)15-18/h7-12,15,22,29H,5-6,13-14H2,1-4H3/b23-21+. The fourth-order valence-corrected chi connectivity index (χ4v) is 4.21. The number of Topliss-reactive ketones (excluding diaryl/α,β-unsaturated/α-hetero) is 1. The number of ether oxygens (including phenoxy) is 1. The van der Waals surface area contributed by atoms with Gasteiger partial charge in [-0.3, -0.25) is 19.7 Å². The van der Waals surface area contributed by atoms with Crippen molar-refractivity contribution in [2.24, 2.45) is 0 Å². The Morgan fingerprint density at radius 3 is 2.32 bits per heavy atom. The number of methoxy groups -OCH3 is 1. The predicted octanol–water partition coefficient (Wildman–Crippen LogP) is 3.68. The Labute approximate surface area is 198 Å². The minimum absolute atomic E-state index is 0.0389. The highest BCUT2D eigenvalue weighted by atomic mass is 16.6. The Morgan fingerprint density at radius 2 is 1.79 bits per heavy atom. The molecule has 2 aromatic rings. The number of rotatable bonds is 9. The van der Waals surface area contributed by atoms with E-state index in [1.54, 1.807) is 18.2 Å². The number of likely N-dealkylation sites (N-methyl/N-ethyl adjacent to an activating group) is 1. The Hall–Kier alpha value is -3.72. The zero-order valence-corrected chi connectivity index (χ0v) is 19.8. The Kier molecular flexibility index (Phi) is 7.68. The van der Waals surface area contributed by atoms with Crippen molar-refractivity contribution in [3.8, 4) is 5.75 Å². The van der Waals surface area contributed by atoms with Crippen LogP contribution in [0.2, 0.25) is 0 Å². The van der Waals surface area contributed by atoms with E-state index in [4.69, 9.17) is 4.74 Å². The second kappa shape index (κ2) is 10.5. The van der Waals surface area contributed by atoms with Crippen LogP contribution in [0.4, 0.5) is 5.69 Å². The van der Waals surface area contributed by atoms with E-state index in [0.717, 1.165) is 18.7 Å². The third-order valence-corrected chi connectivity index (χ3v) is 6.18. The molecule has 9 heteroatoms. The minimum Gasteiger partial charge on any atom is -0.507 e. The van der Waals surface area contributed by atoms with Crippen molar-refractivity contribution in [2.45, 2.75) is 26.8 Å². The number of nitro benzene ring substituents is 1. The second-order valence-corrected chi connectivity index (χ2v) is 8.05. The van der Waals surface area contributed by atoms with Crippen molar-refractivity contribution in [3.05, 3.63) is 74.8 Å². The van der Waals surface area contributed by atoms with Crippen molar-refractivity contribution >= 4 is 23.1 Å². The fourth-order valence-electron chi connectivity index (χ4n) is 4.21. The largest absolute Gasteiger partial charge is 0.507 e. The van der Waals surface area contributed by atoms with E-state index in [1.807, 2.05) is 20.8 Å². The number of benzene rings is 2. The van der Waals surface area contributed by atoms with Gasteiger partial charge in [-0.25, -0.2) is 0 Å². The molecule has 1 amide bonds.